The van der Waals surface area contributed by atoms with Gasteiger partial charge in [0, 0.05) is 17.3 Å². The summed E-state index contributed by atoms with van der Waals surface area (Å²) in [7, 11) is 1.17. The molecule has 128 valence electrons. The Morgan fingerprint density at radius 3 is 2.60 bits per heavy atom. The molecular formula is C17H14ClN3O4. The lowest BCUT2D eigenvalue weighted by Gasteiger charge is -2.16. The van der Waals surface area contributed by atoms with Gasteiger partial charge >= 0.3 is 6.09 Å². The summed E-state index contributed by atoms with van der Waals surface area (Å²) in [4.78, 5) is 11.5. The highest BCUT2D eigenvalue weighted by Crippen LogP contribution is 2.31. The largest absolute Gasteiger partial charge is 0.451 e. The highest BCUT2D eigenvalue weighted by molar-refractivity contribution is 6.30. The number of amides is 1. The van der Waals surface area contributed by atoms with Gasteiger partial charge in [-0.15, -0.1) is 5.10 Å². The molecule has 0 aliphatic heterocycles. The van der Waals surface area contributed by atoms with Crippen LogP contribution in [0.4, 0.5) is 10.5 Å². The summed E-state index contributed by atoms with van der Waals surface area (Å²) in [5.41, 5.74) is 0.946. The number of hydrogen-bond donors (Lipinski definition) is 1. The van der Waals surface area contributed by atoms with Crippen molar-refractivity contribution in [2.45, 2.75) is 0 Å². The molecule has 8 heteroatoms. The Balaban J connectivity index is 1.84. The number of carbonyl (C=O) groups is 1. The normalized spacial score (nSPS) is 10.4. The second-order valence-corrected chi connectivity index (χ2v) is 5.36. The summed E-state index contributed by atoms with van der Waals surface area (Å²) in [6.07, 6.45) is 0.792. The van der Waals surface area contributed by atoms with Crippen molar-refractivity contribution >= 4 is 23.4 Å². The first-order valence-corrected chi connectivity index (χ1v) is 7.62. The molecule has 0 unspecified atom stereocenters. The highest BCUT2D eigenvalue weighted by atomic mass is 35.5. The molecule has 3 aromatic rings. The summed E-state index contributed by atoms with van der Waals surface area (Å²) < 4.78 is 11.8. The molecule has 3 rings (SSSR count). The zero-order valence-electron chi connectivity index (χ0n) is 13.2. The van der Waals surface area contributed by atoms with Crippen LogP contribution in [-0.2, 0) is 4.74 Å². The maximum atomic E-state index is 11.5. The molecule has 0 bridgehead atoms. The lowest BCUT2D eigenvalue weighted by Crippen LogP contribution is -2.26. The Morgan fingerprint density at radius 1 is 1.16 bits per heavy atom. The Morgan fingerprint density at radius 2 is 1.88 bits per heavy atom. The minimum Gasteiger partial charge on any atom is -0.451 e. The number of hydroxylamine groups is 1. The van der Waals surface area contributed by atoms with Gasteiger partial charge in [0.2, 0.25) is 5.88 Å². The van der Waals surface area contributed by atoms with E-state index >= 15 is 0 Å². The quantitative estimate of drug-likeness (QED) is 0.555. The third kappa shape index (κ3) is 3.73. The number of anilines is 1. The highest BCUT2D eigenvalue weighted by Gasteiger charge is 2.18. The summed E-state index contributed by atoms with van der Waals surface area (Å²) >= 11 is 5.88. The number of carbonyl (C=O) groups excluding carboxylic acids is 1. The van der Waals surface area contributed by atoms with E-state index in [1.807, 2.05) is 12.1 Å². The molecular weight excluding hydrogens is 346 g/mol. The standard InChI is InChI=1S/C17H14ClN3O4/c1-24-17(22)21(23)14-4-2-3-5-15(14)25-16-10-11-20(19-16)13-8-6-12(18)7-9-13/h2-11,23H,1H3. The molecule has 1 amide bonds. The Kier molecular flexibility index (Phi) is 4.87. The first-order valence-electron chi connectivity index (χ1n) is 7.24. The predicted octanol–water partition coefficient (Wildman–Crippen LogP) is 4.28. The number of benzene rings is 2. The molecule has 0 atom stereocenters. The van der Waals surface area contributed by atoms with E-state index in [1.165, 1.54) is 13.2 Å². The molecule has 2 aromatic carbocycles. The second kappa shape index (κ2) is 7.25. The molecule has 0 spiro atoms. The Hall–Kier alpha value is -3.03. The van der Waals surface area contributed by atoms with Crippen molar-refractivity contribution in [3.05, 3.63) is 65.8 Å². The third-order valence-corrected chi connectivity index (χ3v) is 3.56. The molecule has 0 radical (unpaired) electrons. The molecule has 0 saturated carbocycles. The van der Waals surface area contributed by atoms with E-state index in [0.29, 0.717) is 16.0 Å². The van der Waals surface area contributed by atoms with E-state index in [2.05, 4.69) is 9.84 Å². The van der Waals surface area contributed by atoms with Crippen LogP contribution in [-0.4, -0.2) is 28.2 Å². The van der Waals surface area contributed by atoms with E-state index in [9.17, 15) is 10.0 Å². The molecule has 0 aliphatic carbocycles. The maximum absolute atomic E-state index is 11.5. The fourth-order valence-electron chi connectivity index (χ4n) is 2.12. The van der Waals surface area contributed by atoms with Gasteiger partial charge in [-0.25, -0.2) is 9.48 Å². The zero-order valence-corrected chi connectivity index (χ0v) is 13.9. The summed E-state index contributed by atoms with van der Waals surface area (Å²) in [6.45, 7) is 0. The van der Waals surface area contributed by atoms with Crippen LogP contribution in [0.25, 0.3) is 5.69 Å². The minimum atomic E-state index is -0.928. The van der Waals surface area contributed by atoms with Crippen molar-refractivity contribution in [3.63, 3.8) is 0 Å². The molecule has 1 aromatic heterocycles. The molecule has 0 fully saturated rings. The van der Waals surface area contributed by atoms with Crippen LogP contribution in [0, 0.1) is 0 Å². The van der Waals surface area contributed by atoms with Gasteiger partial charge in [0.05, 0.1) is 12.8 Å². The van der Waals surface area contributed by atoms with Crippen LogP contribution in [0.2, 0.25) is 5.02 Å². The van der Waals surface area contributed by atoms with Crippen molar-refractivity contribution < 1.29 is 19.5 Å². The third-order valence-electron chi connectivity index (χ3n) is 3.31. The van der Waals surface area contributed by atoms with Crippen LogP contribution in [0.5, 0.6) is 11.6 Å². The number of ether oxygens (including phenoxy) is 2. The van der Waals surface area contributed by atoms with E-state index in [4.69, 9.17) is 16.3 Å². The van der Waals surface area contributed by atoms with Gasteiger partial charge in [0.25, 0.3) is 0 Å². The summed E-state index contributed by atoms with van der Waals surface area (Å²) in [5.74, 6) is 0.539. The monoisotopic (exact) mass is 359 g/mol. The molecule has 1 heterocycles. The van der Waals surface area contributed by atoms with Crippen molar-refractivity contribution in [3.8, 4) is 17.3 Å². The molecule has 0 saturated heterocycles. The van der Waals surface area contributed by atoms with Crippen molar-refractivity contribution in [1.82, 2.24) is 9.78 Å². The van der Waals surface area contributed by atoms with Gasteiger partial charge in [0.15, 0.2) is 5.75 Å². The average molecular weight is 360 g/mol. The first-order chi connectivity index (χ1) is 12.1. The maximum Gasteiger partial charge on any atom is 0.438 e. The number of rotatable bonds is 4. The minimum absolute atomic E-state index is 0.135. The van der Waals surface area contributed by atoms with E-state index in [-0.39, 0.29) is 11.4 Å². The van der Waals surface area contributed by atoms with Crippen LogP contribution >= 0.6 is 11.6 Å². The fourth-order valence-corrected chi connectivity index (χ4v) is 2.24. The number of halogens is 1. The van der Waals surface area contributed by atoms with Crippen molar-refractivity contribution in [1.29, 1.82) is 0 Å². The Labute approximate surface area is 148 Å². The molecule has 7 nitrogen and oxygen atoms in total. The van der Waals surface area contributed by atoms with Crippen LogP contribution in [0.1, 0.15) is 0 Å². The van der Waals surface area contributed by atoms with Gasteiger partial charge in [-0.05, 0) is 36.4 Å². The van der Waals surface area contributed by atoms with E-state index < -0.39 is 6.09 Å². The second-order valence-electron chi connectivity index (χ2n) is 4.93. The zero-order chi connectivity index (χ0) is 17.8. The number of methoxy groups -OCH3 is 1. The SMILES string of the molecule is COC(=O)N(O)c1ccccc1Oc1ccn(-c2ccc(Cl)cc2)n1. The lowest BCUT2D eigenvalue weighted by atomic mass is 10.3. The molecule has 25 heavy (non-hydrogen) atoms. The predicted molar refractivity (Wildman–Crippen MR) is 91.8 cm³/mol. The average Bonchev–Trinajstić information content (AvgIpc) is 3.10. The van der Waals surface area contributed by atoms with Crippen molar-refractivity contribution in [2.75, 3.05) is 12.2 Å². The van der Waals surface area contributed by atoms with Crippen LogP contribution in [0.15, 0.2) is 60.8 Å². The van der Waals surface area contributed by atoms with Crippen LogP contribution in [0.3, 0.4) is 0 Å². The lowest BCUT2D eigenvalue weighted by molar-refractivity contribution is 0.140. The van der Waals surface area contributed by atoms with E-state index in [0.717, 1.165) is 5.69 Å². The fraction of sp³-hybridized carbons (Fsp3) is 0.0588. The first kappa shape index (κ1) is 16.8. The van der Waals surface area contributed by atoms with Gasteiger partial charge in [0.1, 0.15) is 5.69 Å². The Bertz CT molecular complexity index is 880. The number of para-hydroxylation sites is 2. The van der Waals surface area contributed by atoms with Gasteiger partial charge < -0.3 is 9.47 Å². The van der Waals surface area contributed by atoms with Crippen molar-refractivity contribution in [2.24, 2.45) is 0 Å². The molecule has 0 aliphatic rings. The van der Waals surface area contributed by atoms with Gasteiger partial charge in [-0.1, -0.05) is 23.7 Å². The summed E-state index contributed by atoms with van der Waals surface area (Å²) in [5, 5.41) is 15.2. The number of hydrogen-bond acceptors (Lipinski definition) is 5. The van der Waals surface area contributed by atoms with Crippen LogP contribution < -0.4 is 9.80 Å². The molecule has 1 N–H and O–H groups in total. The number of nitrogens with zero attached hydrogens (tertiary/aromatic N) is 3. The van der Waals surface area contributed by atoms with Gasteiger partial charge in [-0.3, -0.25) is 5.21 Å². The van der Waals surface area contributed by atoms with E-state index in [1.54, 1.807) is 47.3 Å². The van der Waals surface area contributed by atoms with Gasteiger partial charge in [-0.2, -0.15) is 5.06 Å². The topological polar surface area (TPSA) is 76.8 Å². The summed E-state index contributed by atoms with van der Waals surface area (Å²) in [6, 6.07) is 15.3. The smallest absolute Gasteiger partial charge is 0.438 e. The number of aromatic nitrogens is 2.